The molecule has 2 aromatic rings. The summed E-state index contributed by atoms with van der Waals surface area (Å²) in [6, 6.07) is 17.0. The number of benzene rings is 2. The van der Waals surface area contributed by atoms with Gasteiger partial charge in [0.1, 0.15) is 10.1 Å². The summed E-state index contributed by atoms with van der Waals surface area (Å²) in [5.41, 5.74) is 1.75. The molecule has 150 valence electrons. The molecule has 1 fully saturated rings. The highest BCUT2D eigenvalue weighted by Gasteiger charge is 2.33. The van der Waals surface area contributed by atoms with Crippen molar-refractivity contribution in [2.24, 2.45) is 0 Å². The minimum Gasteiger partial charge on any atom is -0.483 e. The number of ether oxygens (including phenoxy) is 1. The van der Waals surface area contributed by atoms with Crippen molar-refractivity contribution in [3.8, 4) is 5.75 Å². The van der Waals surface area contributed by atoms with Crippen LogP contribution in [0.15, 0.2) is 59.5 Å². The van der Waals surface area contributed by atoms with Crippen LogP contribution in [0.5, 0.6) is 5.75 Å². The number of para-hydroxylation sites is 1. The van der Waals surface area contributed by atoms with Crippen LogP contribution in [-0.4, -0.2) is 33.7 Å². The van der Waals surface area contributed by atoms with Crippen LogP contribution in [-0.2, 0) is 16.1 Å². The maximum absolute atomic E-state index is 12.6. The Balaban J connectivity index is 1.64. The van der Waals surface area contributed by atoms with Crippen molar-refractivity contribution >= 4 is 46.2 Å². The fourth-order valence-corrected chi connectivity index (χ4v) is 4.30. The van der Waals surface area contributed by atoms with Crippen LogP contribution in [0.1, 0.15) is 25.0 Å². The molecule has 1 saturated heterocycles. The molecule has 0 spiro atoms. The number of nitrogens with one attached hydrogen (secondary N) is 1. The van der Waals surface area contributed by atoms with E-state index >= 15 is 0 Å². The number of nitrogens with zero attached hydrogens (tertiary/aromatic N) is 1. The summed E-state index contributed by atoms with van der Waals surface area (Å²) in [7, 11) is 0. The molecule has 1 aliphatic heterocycles. The van der Waals surface area contributed by atoms with E-state index in [0.717, 1.165) is 11.1 Å². The largest absolute Gasteiger partial charge is 0.483 e. The number of rotatable bonds is 7. The summed E-state index contributed by atoms with van der Waals surface area (Å²) in [5, 5.41) is 2.83. The minimum absolute atomic E-state index is 0.00760. The van der Waals surface area contributed by atoms with Gasteiger partial charge in [0.2, 0.25) is 0 Å². The molecule has 1 N–H and O–H groups in total. The first-order valence-electron chi connectivity index (χ1n) is 9.25. The summed E-state index contributed by atoms with van der Waals surface area (Å²) >= 11 is 6.60. The van der Waals surface area contributed by atoms with Crippen LogP contribution in [0.3, 0.4) is 0 Å². The predicted molar refractivity (Wildman–Crippen MR) is 120 cm³/mol. The molecule has 2 aromatic carbocycles. The smallest absolute Gasteiger partial charge is 0.266 e. The van der Waals surface area contributed by atoms with Gasteiger partial charge in [0.25, 0.3) is 11.8 Å². The van der Waals surface area contributed by atoms with Gasteiger partial charge in [-0.2, -0.15) is 0 Å². The average molecular weight is 427 g/mol. The molecule has 1 aliphatic rings. The van der Waals surface area contributed by atoms with Gasteiger partial charge >= 0.3 is 0 Å². The Morgan fingerprint density at radius 3 is 2.55 bits per heavy atom. The predicted octanol–water partition coefficient (Wildman–Crippen LogP) is 3.99. The van der Waals surface area contributed by atoms with Crippen molar-refractivity contribution < 1.29 is 14.3 Å². The summed E-state index contributed by atoms with van der Waals surface area (Å²) in [6.45, 7) is 4.20. The molecule has 2 amide bonds. The number of thiocarbonyl (C=S) groups is 1. The van der Waals surface area contributed by atoms with Gasteiger partial charge in [-0.3, -0.25) is 14.5 Å². The second-order valence-electron chi connectivity index (χ2n) is 6.73. The maximum Gasteiger partial charge on any atom is 0.266 e. The number of carbonyl (C=O) groups excluding carboxylic acids is 2. The normalized spacial score (nSPS) is 15.3. The first-order chi connectivity index (χ1) is 14.0. The van der Waals surface area contributed by atoms with E-state index < -0.39 is 0 Å². The summed E-state index contributed by atoms with van der Waals surface area (Å²) < 4.78 is 6.26. The third-order valence-corrected chi connectivity index (χ3v) is 5.57. The quantitative estimate of drug-likeness (QED) is 0.536. The molecule has 0 saturated carbocycles. The van der Waals surface area contributed by atoms with Crippen molar-refractivity contribution in [1.29, 1.82) is 0 Å². The molecule has 0 radical (unpaired) electrons. The molecular weight excluding hydrogens is 404 g/mol. The van der Waals surface area contributed by atoms with Crippen molar-refractivity contribution in [3.05, 3.63) is 70.6 Å². The molecule has 3 rings (SSSR count). The van der Waals surface area contributed by atoms with E-state index in [1.807, 2.05) is 62.4 Å². The molecule has 1 heterocycles. The van der Waals surface area contributed by atoms with Crippen LogP contribution < -0.4 is 10.1 Å². The molecule has 0 aromatic heterocycles. The molecule has 0 aliphatic carbocycles. The van der Waals surface area contributed by atoms with E-state index in [4.69, 9.17) is 17.0 Å². The second-order valence-corrected chi connectivity index (χ2v) is 8.41. The number of thioether (sulfide) groups is 1. The van der Waals surface area contributed by atoms with Crippen molar-refractivity contribution in [3.63, 3.8) is 0 Å². The Bertz CT molecular complexity index is 942. The third kappa shape index (κ3) is 5.46. The average Bonchev–Trinajstić information content (AvgIpc) is 2.99. The first-order valence-corrected chi connectivity index (χ1v) is 10.5. The van der Waals surface area contributed by atoms with Gasteiger partial charge in [0.15, 0.2) is 6.61 Å². The first kappa shape index (κ1) is 21.1. The summed E-state index contributed by atoms with van der Waals surface area (Å²) in [6.07, 6.45) is 1.76. The Kier molecular flexibility index (Phi) is 7.06. The fourth-order valence-electron chi connectivity index (χ4n) is 2.79. The Labute approximate surface area is 180 Å². The highest BCUT2D eigenvalue weighted by molar-refractivity contribution is 8.26. The van der Waals surface area contributed by atoms with Crippen molar-refractivity contribution in [2.75, 3.05) is 6.61 Å². The zero-order valence-electron chi connectivity index (χ0n) is 16.3. The lowest BCUT2D eigenvalue weighted by Crippen LogP contribution is -2.34. The second kappa shape index (κ2) is 9.71. The number of hydrogen-bond acceptors (Lipinski definition) is 5. The standard InChI is InChI=1S/C22H22N2O3S2/c1-15(2)24-21(26)19(29-22(24)28)12-17-10-6-7-11-18(17)27-14-20(25)23-13-16-8-4-3-5-9-16/h3-12,15H,13-14H2,1-2H3,(H,23,25)/b19-12-. The van der Waals surface area contributed by atoms with Crippen LogP contribution in [0, 0.1) is 0 Å². The summed E-state index contributed by atoms with van der Waals surface area (Å²) in [5.74, 6) is 0.220. The zero-order valence-corrected chi connectivity index (χ0v) is 17.9. The van der Waals surface area contributed by atoms with Gasteiger partial charge in [0.05, 0.1) is 4.91 Å². The zero-order chi connectivity index (χ0) is 20.8. The van der Waals surface area contributed by atoms with Gasteiger partial charge in [-0.05, 0) is 31.6 Å². The Morgan fingerprint density at radius 2 is 1.86 bits per heavy atom. The van der Waals surface area contributed by atoms with Gasteiger partial charge in [0, 0.05) is 18.2 Å². The fraction of sp³-hybridized carbons (Fsp3) is 0.227. The van der Waals surface area contributed by atoms with Gasteiger partial charge < -0.3 is 10.1 Å². The third-order valence-electron chi connectivity index (χ3n) is 4.24. The lowest BCUT2D eigenvalue weighted by atomic mass is 10.2. The van der Waals surface area contributed by atoms with E-state index in [-0.39, 0.29) is 24.5 Å². The molecular formula is C22H22N2O3S2. The molecule has 29 heavy (non-hydrogen) atoms. The highest BCUT2D eigenvalue weighted by atomic mass is 32.2. The van der Waals surface area contributed by atoms with E-state index in [0.29, 0.717) is 21.5 Å². The van der Waals surface area contributed by atoms with Crippen LogP contribution in [0.4, 0.5) is 0 Å². The van der Waals surface area contributed by atoms with Gasteiger partial charge in [-0.25, -0.2) is 0 Å². The van der Waals surface area contributed by atoms with Gasteiger partial charge in [-0.1, -0.05) is 72.5 Å². The molecule has 0 unspecified atom stereocenters. The number of hydrogen-bond donors (Lipinski definition) is 1. The topological polar surface area (TPSA) is 58.6 Å². The lowest BCUT2D eigenvalue weighted by Gasteiger charge is -2.18. The van der Waals surface area contributed by atoms with Gasteiger partial charge in [-0.15, -0.1) is 0 Å². The van der Waals surface area contributed by atoms with E-state index in [9.17, 15) is 9.59 Å². The minimum atomic E-state index is -0.213. The monoisotopic (exact) mass is 426 g/mol. The molecule has 7 heteroatoms. The highest BCUT2D eigenvalue weighted by Crippen LogP contribution is 2.35. The maximum atomic E-state index is 12.6. The number of amides is 2. The molecule has 5 nitrogen and oxygen atoms in total. The van der Waals surface area contributed by atoms with Crippen LogP contribution >= 0.6 is 24.0 Å². The van der Waals surface area contributed by atoms with E-state index in [1.165, 1.54) is 11.8 Å². The van der Waals surface area contributed by atoms with E-state index in [1.54, 1.807) is 17.0 Å². The number of carbonyl (C=O) groups is 2. The Morgan fingerprint density at radius 1 is 1.17 bits per heavy atom. The molecule has 0 bridgehead atoms. The van der Waals surface area contributed by atoms with Crippen molar-refractivity contribution in [1.82, 2.24) is 10.2 Å². The van der Waals surface area contributed by atoms with Crippen LogP contribution in [0.25, 0.3) is 6.08 Å². The molecule has 0 atom stereocenters. The van der Waals surface area contributed by atoms with Crippen molar-refractivity contribution in [2.45, 2.75) is 26.4 Å². The van der Waals surface area contributed by atoms with E-state index in [2.05, 4.69) is 5.32 Å². The Hall–Kier alpha value is -2.64. The lowest BCUT2D eigenvalue weighted by molar-refractivity contribution is -0.124. The SMILES string of the molecule is CC(C)N1C(=O)/C(=C/c2ccccc2OCC(=O)NCc2ccccc2)SC1=S. The van der Waals surface area contributed by atoms with Crippen LogP contribution in [0.2, 0.25) is 0 Å². The summed E-state index contributed by atoms with van der Waals surface area (Å²) in [4.78, 5) is 26.9.